The number of carbonyl (C=O) groups is 1. The Balaban J connectivity index is 2.21. The van der Waals surface area contributed by atoms with Gasteiger partial charge in [-0.1, -0.05) is 37.3 Å². The standard InChI is InChI=1S/C16H14F2OS/c1-2-14(16(19)11-6-4-3-5-7-11)20-15-10-12(17)8-9-13(15)18/h3-10,14H,2H2,1H3. The van der Waals surface area contributed by atoms with Crippen molar-refractivity contribution >= 4 is 17.5 Å². The van der Waals surface area contributed by atoms with Gasteiger partial charge < -0.3 is 0 Å². The van der Waals surface area contributed by atoms with Crippen molar-refractivity contribution in [2.45, 2.75) is 23.5 Å². The maximum atomic E-state index is 13.6. The molecule has 0 bridgehead atoms. The first-order chi connectivity index (χ1) is 9.61. The molecule has 0 spiro atoms. The third-order valence-corrected chi connectivity index (χ3v) is 4.28. The van der Waals surface area contributed by atoms with Gasteiger partial charge in [0, 0.05) is 10.5 Å². The van der Waals surface area contributed by atoms with Crippen molar-refractivity contribution < 1.29 is 13.6 Å². The van der Waals surface area contributed by atoms with E-state index in [4.69, 9.17) is 0 Å². The Morgan fingerprint density at radius 3 is 2.50 bits per heavy atom. The Bertz CT molecular complexity index is 599. The van der Waals surface area contributed by atoms with Gasteiger partial charge >= 0.3 is 0 Å². The molecule has 0 aromatic heterocycles. The van der Waals surface area contributed by atoms with E-state index in [1.807, 2.05) is 13.0 Å². The molecule has 2 rings (SSSR count). The summed E-state index contributed by atoms with van der Waals surface area (Å²) in [7, 11) is 0. The van der Waals surface area contributed by atoms with Crippen LogP contribution in [0.1, 0.15) is 23.7 Å². The number of halogens is 2. The average molecular weight is 292 g/mol. The van der Waals surface area contributed by atoms with Gasteiger partial charge in [0.2, 0.25) is 0 Å². The molecular weight excluding hydrogens is 278 g/mol. The van der Waals surface area contributed by atoms with Crippen molar-refractivity contribution in [1.29, 1.82) is 0 Å². The number of thioether (sulfide) groups is 1. The third kappa shape index (κ3) is 3.45. The molecule has 2 aromatic rings. The van der Waals surface area contributed by atoms with Crippen LogP contribution < -0.4 is 0 Å². The van der Waals surface area contributed by atoms with E-state index in [0.717, 1.165) is 30.0 Å². The molecule has 20 heavy (non-hydrogen) atoms. The smallest absolute Gasteiger partial charge is 0.176 e. The summed E-state index contributed by atoms with van der Waals surface area (Å²) in [5, 5.41) is -0.423. The molecule has 1 atom stereocenters. The van der Waals surface area contributed by atoms with E-state index in [-0.39, 0.29) is 10.7 Å². The number of ketones is 1. The SMILES string of the molecule is CCC(Sc1cc(F)ccc1F)C(=O)c1ccccc1. The lowest BCUT2D eigenvalue weighted by molar-refractivity contribution is 0.0988. The van der Waals surface area contributed by atoms with Crippen molar-refractivity contribution in [3.63, 3.8) is 0 Å². The van der Waals surface area contributed by atoms with E-state index in [1.54, 1.807) is 24.3 Å². The van der Waals surface area contributed by atoms with Gasteiger partial charge in [0.25, 0.3) is 0 Å². The molecule has 2 aromatic carbocycles. The van der Waals surface area contributed by atoms with E-state index in [0.29, 0.717) is 12.0 Å². The molecule has 104 valence electrons. The van der Waals surface area contributed by atoms with Crippen LogP contribution in [0.3, 0.4) is 0 Å². The molecule has 0 amide bonds. The Morgan fingerprint density at radius 2 is 1.85 bits per heavy atom. The minimum absolute atomic E-state index is 0.0678. The van der Waals surface area contributed by atoms with Crippen LogP contribution in [0, 0.1) is 11.6 Å². The van der Waals surface area contributed by atoms with E-state index in [1.165, 1.54) is 0 Å². The number of hydrogen-bond acceptors (Lipinski definition) is 2. The Hall–Kier alpha value is -1.68. The maximum Gasteiger partial charge on any atom is 0.176 e. The zero-order valence-corrected chi connectivity index (χ0v) is 11.8. The topological polar surface area (TPSA) is 17.1 Å². The lowest BCUT2D eigenvalue weighted by Gasteiger charge is -2.14. The molecule has 0 aliphatic rings. The highest BCUT2D eigenvalue weighted by Gasteiger charge is 2.21. The van der Waals surface area contributed by atoms with Crippen LogP contribution >= 0.6 is 11.8 Å². The van der Waals surface area contributed by atoms with Gasteiger partial charge in [-0.15, -0.1) is 11.8 Å². The number of rotatable bonds is 5. The molecular formula is C16H14F2OS. The van der Waals surface area contributed by atoms with Crippen molar-refractivity contribution in [1.82, 2.24) is 0 Å². The first kappa shape index (κ1) is 14.7. The zero-order valence-electron chi connectivity index (χ0n) is 11.0. The zero-order chi connectivity index (χ0) is 14.5. The predicted molar refractivity (Wildman–Crippen MR) is 77.1 cm³/mol. The fourth-order valence-corrected chi connectivity index (χ4v) is 2.91. The summed E-state index contributed by atoms with van der Waals surface area (Å²) in [6.45, 7) is 1.86. The number of Topliss-reactive ketones (excluding diaryl/α,β-unsaturated/α-hetero) is 1. The molecule has 0 heterocycles. The average Bonchev–Trinajstić information content (AvgIpc) is 2.48. The van der Waals surface area contributed by atoms with E-state index < -0.39 is 16.9 Å². The first-order valence-electron chi connectivity index (χ1n) is 6.32. The molecule has 0 aliphatic heterocycles. The third-order valence-electron chi connectivity index (χ3n) is 2.88. The summed E-state index contributed by atoms with van der Waals surface area (Å²) in [6.07, 6.45) is 0.550. The van der Waals surface area contributed by atoms with Gasteiger partial charge in [-0.2, -0.15) is 0 Å². The van der Waals surface area contributed by atoms with Gasteiger partial charge in [0.15, 0.2) is 5.78 Å². The van der Waals surface area contributed by atoms with Crippen LogP contribution in [0.15, 0.2) is 53.4 Å². The van der Waals surface area contributed by atoms with Gasteiger partial charge in [-0.05, 0) is 24.6 Å². The minimum Gasteiger partial charge on any atom is -0.293 e. The quantitative estimate of drug-likeness (QED) is 0.586. The molecule has 0 N–H and O–H groups in total. The van der Waals surface area contributed by atoms with Crippen LogP contribution in [-0.2, 0) is 0 Å². The highest BCUT2D eigenvalue weighted by Crippen LogP contribution is 2.30. The van der Waals surface area contributed by atoms with E-state index in [9.17, 15) is 13.6 Å². The van der Waals surface area contributed by atoms with Gasteiger partial charge in [0.05, 0.1) is 5.25 Å². The van der Waals surface area contributed by atoms with Gasteiger partial charge in [-0.25, -0.2) is 8.78 Å². The van der Waals surface area contributed by atoms with Crippen LogP contribution in [-0.4, -0.2) is 11.0 Å². The summed E-state index contributed by atoms with van der Waals surface area (Å²) in [4.78, 5) is 12.5. The van der Waals surface area contributed by atoms with Gasteiger partial charge in [-0.3, -0.25) is 4.79 Å². The van der Waals surface area contributed by atoms with Crippen molar-refractivity contribution in [2.24, 2.45) is 0 Å². The molecule has 0 fully saturated rings. The second-order valence-corrected chi connectivity index (χ2v) is 5.56. The molecule has 0 saturated carbocycles. The Morgan fingerprint density at radius 1 is 1.15 bits per heavy atom. The summed E-state index contributed by atoms with van der Waals surface area (Å²) in [5.41, 5.74) is 0.587. The lowest BCUT2D eigenvalue weighted by atomic mass is 10.1. The van der Waals surface area contributed by atoms with E-state index in [2.05, 4.69) is 0 Å². The molecule has 0 saturated heterocycles. The van der Waals surface area contributed by atoms with Crippen LogP contribution in [0.25, 0.3) is 0 Å². The molecule has 4 heteroatoms. The summed E-state index contributed by atoms with van der Waals surface area (Å²) < 4.78 is 26.8. The Kier molecular flexibility index (Phi) is 4.90. The molecule has 1 unspecified atom stereocenters. The second-order valence-electron chi connectivity index (χ2n) is 4.32. The fraction of sp³-hybridized carbons (Fsp3) is 0.188. The molecule has 1 nitrogen and oxygen atoms in total. The van der Waals surface area contributed by atoms with Crippen LogP contribution in [0.2, 0.25) is 0 Å². The molecule has 0 aliphatic carbocycles. The normalized spacial score (nSPS) is 12.2. The fourth-order valence-electron chi connectivity index (χ4n) is 1.83. The summed E-state index contributed by atoms with van der Waals surface area (Å²) in [5.74, 6) is -1.08. The largest absolute Gasteiger partial charge is 0.293 e. The summed E-state index contributed by atoms with van der Waals surface area (Å²) >= 11 is 1.07. The van der Waals surface area contributed by atoms with Crippen LogP contribution in [0.5, 0.6) is 0 Å². The van der Waals surface area contributed by atoms with Crippen molar-refractivity contribution in [3.8, 4) is 0 Å². The summed E-state index contributed by atoms with van der Waals surface area (Å²) in [6, 6.07) is 12.1. The Labute approximate surface area is 121 Å². The number of carbonyl (C=O) groups excluding carboxylic acids is 1. The van der Waals surface area contributed by atoms with Crippen LogP contribution in [0.4, 0.5) is 8.78 Å². The highest BCUT2D eigenvalue weighted by atomic mass is 32.2. The second kappa shape index (κ2) is 6.66. The first-order valence-corrected chi connectivity index (χ1v) is 7.20. The van der Waals surface area contributed by atoms with Crippen molar-refractivity contribution in [3.05, 3.63) is 65.7 Å². The van der Waals surface area contributed by atoms with E-state index >= 15 is 0 Å². The highest BCUT2D eigenvalue weighted by molar-refractivity contribution is 8.00. The monoisotopic (exact) mass is 292 g/mol. The lowest BCUT2D eigenvalue weighted by Crippen LogP contribution is -2.16. The van der Waals surface area contributed by atoms with Crippen molar-refractivity contribution in [2.75, 3.05) is 0 Å². The van der Waals surface area contributed by atoms with Gasteiger partial charge in [0.1, 0.15) is 11.6 Å². The molecule has 0 radical (unpaired) electrons. The predicted octanol–water partition coefficient (Wildman–Crippen LogP) is 4.72. The number of benzene rings is 2. The number of hydrogen-bond donors (Lipinski definition) is 0. The minimum atomic E-state index is -0.504. The maximum absolute atomic E-state index is 13.6.